The van der Waals surface area contributed by atoms with Gasteiger partial charge < -0.3 is 4.74 Å². The van der Waals surface area contributed by atoms with Crippen molar-refractivity contribution in [3.05, 3.63) is 35.9 Å². The van der Waals surface area contributed by atoms with E-state index in [0.717, 1.165) is 6.92 Å². The Labute approximate surface area is 103 Å². The van der Waals surface area contributed by atoms with Crippen molar-refractivity contribution in [1.82, 2.24) is 5.32 Å². The molecule has 0 bridgehead atoms. The van der Waals surface area contributed by atoms with Crippen LogP contribution in [0.1, 0.15) is 25.5 Å². The van der Waals surface area contributed by atoms with Crippen molar-refractivity contribution in [1.29, 1.82) is 0 Å². The number of esters is 1. The zero-order valence-electron chi connectivity index (χ0n) is 9.99. The van der Waals surface area contributed by atoms with Gasteiger partial charge in [-0.15, -0.1) is 0 Å². The Kier molecular flexibility index (Phi) is 4.72. The van der Waals surface area contributed by atoms with E-state index in [1.807, 2.05) is 0 Å². The molecule has 1 rings (SSSR count). The summed E-state index contributed by atoms with van der Waals surface area (Å²) >= 11 is 0. The van der Waals surface area contributed by atoms with Gasteiger partial charge in [-0.1, -0.05) is 30.3 Å². The molecule has 0 spiro atoms. The van der Waals surface area contributed by atoms with E-state index in [2.05, 4.69) is 10.1 Å². The van der Waals surface area contributed by atoms with Crippen LogP contribution < -0.4 is 5.32 Å². The van der Waals surface area contributed by atoms with E-state index in [0.29, 0.717) is 0 Å². The fourth-order valence-corrected chi connectivity index (χ4v) is 1.54. The normalized spacial score (nSPS) is 14.9. The molecule has 0 aliphatic carbocycles. The maximum absolute atomic E-state index is 12.9. The molecule has 0 aliphatic heterocycles. The van der Waals surface area contributed by atoms with Gasteiger partial charge in [0.2, 0.25) is 0 Å². The quantitative estimate of drug-likeness (QED) is 0.669. The number of halogens is 3. The second kappa shape index (κ2) is 5.86. The lowest BCUT2D eigenvalue weighted by Gasteiger charge is -2.25. The highest BCUT2D eigenvalue weighted by molar-refractivity contribution is 5.66. The summed E-state index contributed by atoms with van der Waals surface area (Å²) in [5.74, 6) is -0.635. The van der Waals surface area contributed by atoms with Crippen molar-refractivity contribution in [2.24, 2.45) is 0 Å². The fraction of sp³-hybridized carbons (Fsp3) is 0.417. The molecule has 1 N–H and O–H groups in total. The molecule has 0 amide bonds. The molecular formula is C12H14F3NO2. The van der Waals surface area contributed by atoms with Crippen LogP contribution in [0.2, 0.25) is 0 Å². The molecule has 0 aromatic heterocycles. The van der Waals surface area contributed by atoms with Crippen molar-refractivity contribution in [3.8, 4) is 0 Å². The number of nitrogens with one attached hydrogen (secondary N) is 1. The number of rotatable bonds is 4. The maximum Gasteiger partial charge on any atom is 0.408 e. The van der Waals surface area contributed by atoms with Gasteiger partial charge >= 0.3 is 12.1 Å². The topological polar surface area (TPSA) is 38.3 Å². The molecule has 6 heteroatoms. The van der Waals surface area contributed by atoms with Crippen molar-refractivity contribution < 1.29 is 22.7 Å². The minimum Gasteiger partial charge on any atom is -0.447 e. The van der Waals surface area contributed by atoms with Gasteiger partial charge in [-0.25, -0.2) is 0 Å². The molecule has 0 aliphatic rings. The third-order valence-corrected chi connectivity index (χ3v) is 2.20. The first-order valence-corrected chi connectivity index (χ1v) is 5.35. The van der Waals surface area contributed by atoms with Crippen molar-refractivity contribution in [2.75, 3.05) is 0 Å². The molecular weight excluding hydrogens is 247 g/mol. The average Bonchev–Trinajstić information content (AvgIpc) is 2.24. The van der Waals surface area contributed by atoms with E-state index < -0.39 is 24.4 Å². The van der Waals surface area contributed by atoms with E-state index >= 15 is 0 Å². The zero-order chi connectivity index (χ0) is 13.8. The highest BCUT2D eigenvalue weighted by atomic mass is 19.4. The van der Waals surface area contributed by atoms with Crippen molar-refractivity contribution in [2.45, 2.75) is 32.3 Å². The minimum atomic E-state index is -4.46. The van der Waals surface area contributed by atoms with Crippen LogP contribution in [0.4, 0.5) is 13.2 Å². The van der Waals surface area contributed by atoms with Crippen molar-refractivity contribution >= 4 is 5.97 Å². The van der Waals surface area contributed by atoms with E-state index in [1.165, 1.54) is 31.2 Å². The van der Waals surface area contributed by atoms with Crippen LogP contribution in [0.25, 0.3) is 0 Å². The Morgan fingerprint density at radius 1 is 1.28 bits per heavy atom. The summed E-state index contributed by atoms with van der Waals surface area (Å²) in [5, 5.41) is 2.24. The predicted molar refractivity (Wildman–Crippen MR) is 59.6 cm³/mol. The SMILES string of the molecule is CC(=O)OC(C)NC(c1ccccc1)C(F)(F)F. The first kappa shape index (κ1) is 14.5. The third-order valence-electron chi connectivity index (χ3n) is 2.20. The standard InChI is InChI=1S/C12H14F3NO2/c1-8(18-9(2)17)16-11(12(13,14)15)10-6-4-3-5-7-10/h3-8,11,16H,1-2H3. The van der Waals surface area contributed by atoms with Crippen LogP contribution in [0.5, 0.6) is 0 Å². The molecule has 0 radical (unpaired) electrons. The van der Waals surface area contributed by atoms with E-state index in [4.69, 9.17) is 0 Å². The fourth-order valence-electron chi connectivity index (χ4n) is 1.54. The predicted octanol–water partition coefficient (Wildman–Crippen LogP) is 2.79. The van der Waals surface area contributed by atoms with E-state index in [-0.39, 0.29) is 5.56 Å². The third kappa shape index (κ3) is 4.37. The monoisotopic (exact) mass is 261 g/mol. The second-order valence-electron chi connectivity index (χ2n) is 3.80. The number of benzene rings is 1. The summed E-state index contributed by atoms with van der Waals surface area (Å²) in [6.07, 6.45) is -5.48. The number of carbonyl (C=O) groups excluding carboxylic acids is 1. The highest BCUT2D eigenvalue weighted by Crippen LogP contribution is 2.32. The molecule has 100 valence electrons. The van der Waals surface area contributed by atoms with Gasteiger partial charge in [0.25, 0.3) is 0 Å². The first-order valence-electron chi connectivity index (χ1n) is 5.35. The molecule has 2 unspecified atom stereocenters. The van der Waals surface area contributed by atoms with E-state index in [1.54, 1.807) is 6.07 Å². The molecule has 0 saturated carbocycles. The van der Waals surface area contributed by atoms with Gasteiger partial charge in [0.15, 0.2) is 6.23 Å². The smallest absolute Gasteiger partial charge is 0.408 e. The Morgan fingerprint density at radius 3 is 2.28 bits per heavy atom. The van der Waals surface area contributed by atoms with Gasteiger partial charge in [0.1, 0.15) is 6.04 Å². The summed E-state index contributed by atoms with van der Waals surface area (Å²) in [6.45, 7) is 2.49. The summed E-state index contributed by atoms with van der Waals surface area (Å²) in [5.41, 5.74) is 0.0732. The number of alkyl halides is 3. The maximum atomic E-state index is 12.9. The van der Waals surface area contributed by atoms with Crippen LogP contribution in [-0.4, -0.2) is 18.4 Å². The first-order chi connectivity index (χ1) is 8.30. The van der Waals surface area contributed by atoms with Gasteiger partial charge in [-0.3, -0.25) is 10.1 Å². The number of carbonyl (C=O) groups is 1. The zero-order valence-corrected chi connectivity index (χ0v) is 9.99. The molecule has 0 fully saturated rings. The minimum absolute atomic E-state index is 0.0732. The molecule has 18 heavy (non-hydrogen) atoms. The molecule has 2 atom stereocenters. The Bertz CT molecular complexity index is 392. The van der Waals surface area contributed by atoms with Crippen molar-refractivity contribution in [3.63, 3.8) is 0 Å². The van der Waals surface area contributed by atoms with E-state index in [9.17, 15) is 18.0 Å². The summed E-state index contributed by atoms with van der Waals surface area (Å²) in [7, 11) is 0. The number of ether oxygens (including phenoxy) is 1. The largest absolute Gasteiger partial charge is 0.447 e. The van der Waals surface area contributed by atoms with Crippen LogP contribution >= 0.6 is 0 Å². The Hall–Kier alpha value is -1.56. The van der Waals surface area contributed by atoms with Crippen LogP contribution in [0.3, 0.4) is 0 Å². The summed E-state index contributed by atoms with van der Waals surface area (Å²) < 4.78 is 43.3. The lowest BCUT2D eigenvalue weighted by molar-refractivity contribution is -0.172. The summed E-state index contributed by atoms with van der Waals surface area (Å²) in [6, 6.07) is 5.54. The molecule has 3 nitrogen and oxygen atoms in total. The summed E-state index contributed by atoms with van der Waals surface area (Å²) in [4.78, 5) is 10.7. The molecule has 1 aromatic rings. The van der Waals surface area contributed by atoms with Crippen LogP contribution in [0, 0.1) is 0 Å². The molecule has 0 saturated heterocycles. The lowest BCUT2D eigenvalue weighted by atomic mass is 10.1. The number of hydrogen-bond acceptors (Lipinski definition) is 3. The average molecular weight is 261 g/mol. The highest BCUT2D eigenvalue weighted by Gasteiger charge is 2.41. The van der Waals surface area contributed by atoms with Crippen LogP contribution in [0.15, 0.2) is 30.3 Å². The number of hydrogen-bond donors (Lipinski definition) is 1. The van der Waals surface area contributed by atoms with Gasteiger partial charge in [0, 0.05) is 6.92 Å². The second-order valence-corrected chi connectivity index (χ2v) is 3.80. The molecule has 1 aromatic carbocycles. The van der Waals surface area contributed by atoms with Gasteiger partial charge in [-0.05, 0) is 12.5 Å². The Morgan fingerprint density at radius 2 is 1.83 bits per heavy atom. The lowest BCUT2D eigenvalue weighted by Crippen LogP contribution is -2.41. The molecule has 0 heterocycles. The van der Waals surface area contributed by atoms with Gasteiger partial charge in [-0.2, -0.15) is 13.2 Å². The van der Waals surface area contributed by atoms with Crippen LogP contribution in [-0.2, 0) is 9.53 Å². The Balaban J connectivity index is 2.84. The van der Waals surface area contributed by atoms with Gasteiger partial charge in [0.05, 0.1) is 0 Å².